The van der Waals surface area contributed by atoms with Gasteiger partial charge in [-0.1, -0.05) is 0 Å². The van der Waals surface area contributed by atoms with E-state index in [0.29, 0.717) is 12.1 Å². The van der Waals surface area contributed by atoms with Crippen LogP contribution in [0.2, 0.25) is 0 Å². The molecule has 0 heterocycles. The summed E-state index contributed by atoms with van der Waals surface area (Å²) in [4.78, 5) is 8.62. The van der Waals surface area contributed by atoms with Crippen LogP contribution in [0.1, 0.15) is 17.6 Å². The molecular formula is C8H3ClF2N2O4S. The van der Waals surface area contributed by atoms with Crippen molar-refractivity contribution in [1.82, 2.24) is 0 Å². The molecule has 0 aliphatic heterocycles. The molecular weight excluding hydrogens is 294 g/mol. The first-order valence-electron chi connectivity index (χ1n) is 4.13. The highest BCUT2D eigenvalue weighted by Gasteiger charge is 2.29. The molecule has 0 saturated carbocycles. The van der Waals surface area contributed by atoms with E-state index in [9.17, 15) is 27.3 Å². The number of hydrogen-bond acceptors (Lipinski definition) is 5. The topological polar surface area (TPSA) is 101 Å². The van der Waals surface area contributed by atoms with Crippen LogP contribution in [0.5, 0.6) is 0 Å². The van der Waals surface area contributed by atoms with Gasteiger partial charge in [-0.05, 0) is 6.07 Å². The zero-order valence-corrected chi connectivity index (χ0v) is 9.87. The van der Waals surface area contributed by atoms with E-state index in [2.05, 4.69) is 0 Å². The van der Waals surface area contributed by atoms with Gasteiger partial charge in [0.15, 0.2) is 0 Å². The first-order chi connectivity index (χ1) is 8.18. The standard InChI is InChI=1S/C8H3ClF2N2O4S/c9-18(16,17)5-1-4(3-12)7(8(10)11)6(2-5)13(14)15/h1-2,8H. The molecule has 18 heavy (non-hydrogen) atoms. The van der Waals surface area contributed by atoms with Gasteiger partial charge in [-0.3, -0.25) is 10.1 Å². The molecule has 0 unspecified atom stereocenters. The Morgan fingerprint density at radius 1 is 1.44 bits per heavy atom. The van der Waals surface area contributed by atoms with Crippen LogP contribution in [-0.2, 0) is 9.05 Å². The molecule has 96 valence electrons. The third-order valence-electron chi connectivity index (χ3n) is 1.95. The molecule has 0 aliphatic carbocycles. The van der Waals surface area contributed by atoms with E-state index in [1.807, 2.05) is 0 Å². The van der Waals surface area contributed by atoms with Crippen LogP contribution in [0.3, 0.4) is 0 Å². The maximum atomic E-state index is 12.6. The molecule has 0 fully saturated rings. The fourth-order valence-electron chi connectivity index (χ4n) is 1.23. The summed E-state index contributed by atoms with van der Waals surface area (Å²) < 4.78 is 47.3. The molecule has 10 heteroatoms. The molecule has 0 radical (unpaired) electrons. The van der Waals surface area contributed by atoms with Gasteiger partial charge in [0.25, 0.3) is 21.2 Å². The highest BCUT2D eigenvalue weighted by Crippen LogP contribution is 2.34. The van der Waals surface area contributed by atoms with Crippen molar-refractivity contribution in [3.63, 3.8) is 0 Å². The minimum Gasteiger partial charge on any atom is -0.258 e. The molecule has 0 aromatic heterocycles. The lowest BCUT2D eigenvalue weighted by molar-refractivity contribution is -0.386. The van der Waals surface area contributed by atoms with Crippen molar-refractivity contribution in [3.8, 4) is 6.07 Å². The average molecular weight is 297 g/mol. The number of nitro groups is 1. The fourth-order valence-corrected chi connectivity index (χ4v) is 2.00. The van der Waals surface area contributed by atoms with Gasteiger partial charge < -0.3 is 0 Å². The summed E-state index contributed by atoms with van der Waals surface area (Å²) in [6.07, 6.45) is -3.29. The quantitative estimate of drug-likeness (QED) is 0.484. The van der Waals surface area contributed by atoms with Crippen molar-refractivity contribution in [2.45, 2.75) is 11.3 Å². The van der Waals surface area contributed by atoms with Crippen LogP contribution in [0.15, 0.2) is 17.0 Å². The van der Waals surface area contributed by atoms with Crippen LogP contribution in [-0.4, -0.2) is 13.3 Å². The molecule has 1 rings (SSSR count). The fraction of sp³-hybridized carbons (Fsp3) is 0.125. The van der Waals surface area contributed by atoms with E-state index < -0.39 is 42.1 Å². The van der Waals surface area contributed by atoms with E-state index in [1.165, 1.54) is 6.07 Å². The SMILES string of the molecule is N#Cc1cc(S(=O)(=O)Cl)cc([N+](=O)[O-])c1C(F)F. The van der Waals surface area contributed by atoms with Gasteiger partial charge in [0.2, 0.25) is 0 Å². The Morgan fingerprint density at radius 2 is 2.00 bits per heavy atom. The summed E-state index contributed by atoms with van der Waals surface area (Å²) in [6, 6.07) is 2.24. The van der Waals surface area contributed by atoms with E-state index in [0.717, 1.165) is 0 Å². The predicted octanol–water partition coefficient (Wildman–Crippen LogP) is 2.33. The first kappa shape index (κ1) is 14.3. The highest BCUT2D eigenvalue weighted by atomic mass is 35.7. The Labute approximate surface area is 104 Å². The van der Waals surface area contributed by atoms with Crippen LogP contribution in [0, 0.1) is 21.4 Å². The lowest BCUT2D eigenvalue weighted by Crippen LogP contribution is -2.03. The lowest BCUT2D eigenvalue weighted by atomic mass is 10.1. The van der Waals surface area contributed by atoms with Crippen LogP contribution >= 0.6 is 10.7 Å². The molecule has 0 atom stereocenters. The molecule has 0 spiro atoms. The van der Waals surface area contributed by atoms with Crippen molar-refractivity contribution in [1.29, 1.82) is 5.26 Å². The van der Waals surface area contributed by atoms with Crippen molar-refractivity contribution in [2.75, 3.05) is 0 Å². The van der Waals surface area contributed by atoms with E-state index >= 15 is 0 Å². The Morgan fingerprint density at radius 3 is 2.33 bits per heavy atom. The van der Waals surface area contributed by atoms with Gasteiger partial charge in [-0.25, -0.2) is 17.2 Å². The molecule has 0 aliphatic rings. The number of nitrogens with zero attached hydrogens (tertiary/aromatic N) is 2. The van der Waals surface area contributed by atoms with Gasteiger partial charge >= 0.3 is 0 Å². The highest BCUT2D eigenvalue weighted by molar-refractivity contribution is 8.13. The smallest absolute Gasteiger partial charge is 0.258 e. The Kier molecular flexibility index (Phi) is 3.83. The monoisotopic (exact) mass is 296 g/mol. The summed E-state index contributed by atoms with van der Waals surface area (Å²) in [5.74, 6) is 0. The summed E-state index contributed by atoms with van der Waals surface area (Å²) in [7, 11) is 0.587. The maximum absolute atomic E-state index is 12.6. The van der Waals surface area contributed by atoms with Gasteiger partial charge in [0, 0.05) is 16.7 Å². The molecule has 1 aromatic carbocycles. The largest absolute Gasteiger partial charge is 0.281 e. The molecule has 1 aromatic rings. The first-order valence-corrected chi connectivity index (χ1v) is 6.44. The second-order valence-electron chi connectivity index (χ2n) is 3.01. The predicted molar refractivity (Wildman–Crippen MR) is 55.8 cm³/mol. The van der Waals surface area contributed by atoms with Crippen LogP contribution < -0.4 is 0 Å². The number of alkyl halides is 2. The molecule has 0 bridgehead atoms. The zero-order valence-electron chi connectivity index (χ0n) is 8.30. The third kappa shape index (κ3) is 2.72. The van der Waals surface area contributed by atoms with Gasteiger partial charge in [0.05, 0.1) is 21.5 Å². The van der Waals surface area contributed by atoms with Crippen molar-refractivity contribution < 1.29 is 22.1 Å². The van der Waals surface area contributed by atoms with E-state index in [4.69, 9.17) is 15.9 Å². The van der Waals surface area contributed by atoms with Gasteiger partial charge in [0.1, 0.15) is 5.56 Å². The zero-order chi connectivity index (χ0) is 14.1. The number of nitro benzene ring substituents is 1. The minimum absolute atomic E-state index is 0.394. The van der Waals surface area contributed by atoms with Crippen molar-refractivity contribution in [3.05, 3.63) is 33.4 Å². The van der Waals surface area contributed by atoms with Gasteiger partial charge in [-0.2, -0.15) is 5.26 Å². The summed E-state index contributed by atoms with van der Waals surface area (Å²) in [6.45, 7) is 0. The van der Waals surface area contributed by atoms with Crippen LogP contribution in [0.4, 0.5) is 14.5 Å². The average Bonchev–Trinajstić information content (AvgIpc) is 2.25. The van der Waals surface area contributed by atoms with Crippen molar-refractivity contribution >= 4 is 25.4 Å². The number of hydrogen-bond donors (Lipinski definition) is 0. The Balaban J connectivity index is 3.77. The molecule has 6 nitrogen and oxygen atoms in total. The van der Waals surface area contributed by atoms with Crippen LogP contribution in [0.25, 0.3) is 0 Å². The van der Waals surface area contributed by atoms with E-state index in [1.54, 1.807) is 0 Å². The normalized spacial score (nSPS) is 11.3. The molecule has 0 amide bonds. The second-order valence-corrected chi connectivity index (χ2v) is 5.58. The van der Waals surface area contributed by atoms with Crippen molar-refractivity contribution in [2.24, 2.45) is 0 Å². The van der Waals surface area contributed by atoms with Gasteiger partial charge in [-0.15, -0.1) is 0 Å². The number of benzene rings is 1. The summed E-state index contributed by atoms with van der Waals surface area (Å²) in [5, 5.41) is 19.2. The molecule has 0 saturated heterocycles. The summed E-state index contributed by atoms with van der Waals surface area (Å²) in [5.41, 5.74) is -3.10. The number of halogens is 3. The maximum Gasteiger partial charge on any atom is 0.281 e. The Hall–Kier alpha value is -1.79. The second kappa shape index (κ2) is 4.83. The minimum atomic E-state index is -4.36. The summed E-state index contributed by atoms with van der Waals surface area (Å²) >= 11 is 0. The molecule has 0 N–H and O–H groups in total. The Bertz CT molecular complexity index is 654. The number of nitriles is 1. The number of rotatable bonds is 3. The third-order valence-corrected chi connectivity index (χ3v) is 3.28. The van der Waals surface area contributed by atoms with E-state index in [-0.39, 0.29) is 0 Å². The lowest BCUT2D eigenvalue weighted by Gasteiger charge is -2.05.